The van der Waals surface area contributed by atoms with Gasteiger partial charge in [-0.2, -0.15) is 0 Å². The summed E-state index contributed by atoms with van der Waals surface area (Å²) in [6.07, 6.45) is 0.307. The van der Waals surface area contributed by atoms with Gasteiger partial charge in [-0.15, -0.1) is 0 Å². The van der Waals surface area contributed by atoms with Crippen molar-refractivity contribution >= 4 is 34.7 Å². The van der Waals surface area contributed by atoms with E-state index in [1.165, 1.54) is 6.07 Å². The molecular formula is C9H5Cl2NO2. The summed E-state index contributed by atoms with van der Waals surface area (Å²) in [5.41, 5.74) is 1.34. The van der Waals surface area contributed by atoms with Crippen LogP contribution in [0.4, 0.5) is 0 Å². The van der Waals surface area contributed by atoms with Gasteiger partial charge in [0.1, 0.15) is 5.71 Å². The van der Waals surface area contributed by atoms with E-state index in [1.54, 1.807) is 6.07 Å². The number of oxime groups is 1. The minimum atomic E-state index is -0.291. The molecule has 2 rings (SSSR count). The van der Waals surface area contributed by atoms with Crippen molar-refractivity contribution < 1.29 is 10.0 Å². The maximum absolute atomic E-state index is 11.5. The molecular weight excluding hydrogens is 225 g/mol. The Morgan fingerprint density at radius 2 is 1.93 bits per heavy atom. The van der Waals surface area contributed by atoms with E-state index in [9.17, 15) is 4.79 Å². The topological polar surface area (TPSA) is 49.7 Å². The second-order valence-electron chi connectivity index (χ2n) is 2.98. The molecule has 0 aliphatic heterocycles. The summed E-state index contributed by atoms with van der Waals surface area (Å²) in [6, 6.07) is 3.12. The Kier molecular flexibility index (Phi) is 2.21. The molecule has 0 unspecified atom stereocenters. The van der Waals surface area contributed by atoms with Crippen LogP contribution in [0.3, 0.4) is 0 Å². The summed E-state index contributed by atoms with van der Waals surface area (Å²) < 4.78 is 0. The molecule has 0 amide bonds. The maximum Gasteiger partial charge on any atom is 0.211 e. The van der Waals surface area contributed by atoms with E-state index < -0.39 is 0 Å². The van der Waals surface area contributed by atoms with Crippen LogP contribution in [-0.2, 0) is 6.42 Å². The lowest BCUT2D eigenvalue weighted by Crippen LogP contribution is -2.06. The quantitative estimate of drug-likeness (QED) is 0.550. The Hall–Kier alpha value is -1.06. The van der Waals surface area contributed by atoms with Gasteiger partial charge < -0.3 is 5.21 Å². The molecule has 14 heavy (non-hydrogen) atoms. The number of rotatable bonds is 0. The highest BCUT2D eigenvalue weighted by atomic mass is 35.5. The average Bonchev–Trinajstić information content (AvgIpc) is 2.45. The number of Topliss-reactive ketones (excluding diaryl/α,β-unsaturated/α-hetero) is 1. The first-order chi connectivity index (χ1) is 6.63. The van der Waals surface area contributed by atoms with Gasteiger partial charge in [-0.1, -0.05) is 28.4 Å². The first-order valence-electron chi connectivity index (χ1n) is 3.87. The SMILES string of the molecule is O=C1/C(=N\O)Cc2cc(Cl)c(Cl)cc21. The molecule has 0 aromatic heterocycles. The van der Waals surface area contributed by atoms with Gasteiger partial charge in [-0.05, 0) is 17.7 Å². The molecule has 1 aromatic rings. The van der Waals surface area contributed by atoms with Crippen molar-refractivity contribution in [1.29, 1.82) is 0 Å². The van der Waals surface area contributed by atoms with Gasteiger partial charge in [0.2, 0.25) is 5.78 Å². The molecule has 0 radical (unpaired) electrons. The lowest BCUT2D eigenvalue weighted by molar-refractivity contribution is 0.106. The van der Waals surface area contributed by atoms with Crippen LogP contribution in [0.25, 0.3) is 0 Å². The van der Waals surface area contributed by atoms with E-state index in [0.29, 0.717) is 22.0 Å². The largest absolute Gasteiger partial charge is 0.411 e. The van der Waals surface area contributed by atoms with Crippen LogP contribution in [0, 0.1) is 0 Å². The third-order valence-electron chi connectivity index (χ3n) is 2.13. The maximum atomic E-state index is 11.5. The van der Waals surface area contributed by atoms with Crippen molar-refractivity contribution in [3.63, 3.8) is 0 Å². The second-order valence-corrected chi connectivity index (χ2v) is 3.79. The number of hydrogen-bond acceptors (Lipinski definition) is 3. The van der Waals surface area contributed by atoms with E-state index in [1.807, 2.05) is 0 Å². The molecule has 0 fully saturated rings. The predicted octanol–water partition coefficient (Wildman–Crippen LogP) is 2.56. The third kappa shape index (κ3) is 1.29. The lowest BCUT2D eigenvalue weighted by Gasteiger charge is -1.99. The van der Waals surface area contributed by atoms with Crippen molar-refractivity contribution in [2.45, 2.75) is 6.42 Å². The van der Waals surface area contributed by atoms with E-state index >= 15 is 0 Å². The molecule has 0 saturated carbocycles. The van der Waals surface area contributed by atoms with Gasteiger partial charge in [0.15, 0.2) is 0 Å². The Labute approximate surface area is 89.9 Å². The molecule has 0 atom stereocenters. The van der Waals surface area contributed by atoms with Crippen LogP contribution in [0.5, 0.6) is 0 Å². The summed E-state index contributed by atoms with van der Waals surface area (Å²) >= 11 is 11.5. The van der Waals surface area contributed by atoms with Crippen LogP contribution in [0.1, 0.15) is 15.9 Å². The highest BCUT2D eigenvalue weighted by Gasteiger charge is 2.27. The van der Waals surface area contributed by atoms with Gasteiger partial charge >= 0.3 is 0 Å². The highest BCUT2D eigenvalue weighted by molar-refractivity contribution is 6.50. The van der Waals surface area contributed by atoms with Crippen molar-refractivity contribution in [3.05, 3.63) is 33.3 Å². The average molecular weight is 230 g/mol. The summed E-state index contributed by atoms with van der Waals surface area (Å²) in [5, 5.41) is 12.2. The number of benzene rings is 1. The van der Waals surface area contributed by atoms with E-state index in [4.69, 9.17) is 28.4 Å². The highest BCUT2D eigenvalue weighted by Crippen LogP contribution is 2.30. The normalized spacial score (nSPS) is 17.6. The number of hydrogen-bond donors (Lipinski definition) is 1. The van der Waals surface area contributed by atoms with Crippen LogP contribution >= 0.6 is 23.2 Å². The van der Waals surface area contributed by atoms with Gasteiger partial charge in [0, 0.05) is 12.0 Å². The van der Waals surface area contributed by atoms with Crippen LogP contribution in [-0.4, -0.2) is 16.7 Å². The van der Waals surface area contributed by atoms with Gasteiger partial charge in [0.05, 0.1) is 10.0 Å². The van der Waals surface area contributed by atoms with Crippen LogP contribution in [0.15, 0.2) is 17.3 Å². The summed E-state index contributed by atoms with van der Waals surface area (Å²) in [4.78, 5) is 11.5. The van der Waals surface area contributed by atoms with E-state index in [2.05, 4.69) is 5.16 Å². The van der Waals surface area contributed by atoms with Crippen molar-refractivity contribution in [2.24, 2.45) is 5.16 Å². The van der Waals surface area contributed by atoms with Crippen molar-refractivity contribution in [1.82, 2.24) is 0 Å². The predicted molar refractivity (Wildman–Crippen MR) is 53.7 cm³/mol. The van der Waals surface area contributed by atoms with Crippen molar-refractivity contribution in [2.75, 3.05) is 0 Å². The second kappa shape index (κ2) is 3.26. The van der Waals surface area contributed by atoms with Crippen LogP contribution < -0.4 is 0 Å². The molecule has 72 valence electrons. The first kappa shape index (κ1) is 9.49. The number of carbonyl (C=O) groups excluding carboxylic acids is 1. The standard InChI is InChI=1S/C9H5Cl2NO2/c10-6-1-4-2-8(12-14)9(13)5(4)3-7(6)11/h1,3,14H,2H2/b12-8-. The van der Waals surface area contributed by atoms with E-state index in [-0.39, 0.29) is 11.5 Å². The number of ketones is 1. The molecule has 1 N–H and O–H groups in total. The number of nitrogens with zero attached hydrogens (tertiary/aromatic N) is 1. The zero-order valence-electron chi connectivity index (χ0n) is 6.92. The molecule has 0 spiro atoms. The fourth-order valence-corrected chi connectivity index (χ4v) is 1.79. The van der Waals surface area contributed by atoms with Crippen molar-refractivity contribution in [3.8, 4) is 0 Å². The zero-order valence-corrected chi connectivity index (χ0v) is 8.43. The Morgan fingerprint density at radius 3 is 2.57 bits per heavy atom. The molecule has 1 aliphatic rings. The number of carbonyl (C=O) groups is 1. The monoisotopic (exact) mass is 229 g/mol. The minimum Gasteiger partial charge on any atom is -0.411 e. The molecule has 0 saturated heterocycles. The van der Waals surface area contributed by atoms with Gasteiger partial charge in [-0.25, -0.2) is 0 Å². The molecule has 0 heterocycles. The number of halogens is 2. The third-order valence-corrected chi connectivity index (χ3v) is 2.85. The Balaban J connectivity index is 2.61. The fraction of sp³-hybridized carbons (Fsp3) is 0.111. The zero-order chi connectivity index (χ0) is 10.3. The van der Waals surface area contributed by atoms with Gasteiger partial charge in [0.25, 0.3) is 0 Å². The fourth-order valence-electron chi connectivity index (χ4n) is 1.44. The first-order valence-corrected chi connectivity index (χ1v) is 4.62. The summed E-state index contributed by atoms with van der Waals surface area (Å²) in [7, 11) is 0. The Morgan fingerprint density at radius 1 is 1.29 bits per heavy atom. The summed E-state index contributed by atoms with van der Waals surface area (Å²) in [5.74, 6) is -0.291. The lowest BCUT2D eigenvalue weighted by atomic mass is 10.1. The van der Waals surface area contributed by atoms with E-state index in [0.717, 1.165) is 5.56 Å². The van der Waals surface area contributed by atoms with Crippen LogP contribution in [0.2, 0.25) is 10.0 Å². The minimum absolute atomic E-state index is 0.123. The number of fused-ring (bicyclic) bond motifs is 1. The molecule has 1 aliphatic carbocycles. The van der Waals surface area contributed by atoms with Gasteiger partial charge in [-0.3, -0.25) is 4.79 Å². The Bertz CT molecular complexity index is 454. The molecule has 1 aromatic carbocycles. The summed E-state index contributed by atoms with van der Waals surface area (Å²) in [6.45, 7) is 0. The smallest absolute Gasteiger partial charge is 0.211 e. The molecule has 5 heteroatoms. The molecule has 0 bridgehead atoms. The molecule has 3 nitrogen and oxygen atoms in total.